The number of halogens is 1. The Morgan fingerprint density at radius 3 is 2.87 bits per heavy atom. The highest BCUT2D eigenvalue weighted by Gasteiger charge is 2.03. The molecule has 0 saturated heterocycles. The first-order chi connectivity index (χ1) is 7.24. The normalized spacial score (nSPS) is 11.6. The molecule has 0 aliphatic carbocycles. The Kier molecular flexibility index (Phi) is 2.32. The molecule has 2 aromatic rings. The topological polar surface area (TPSA) is 69.5 Å². The molecule has 1 aromatic carbocycles. The molecule has 0 aliphatic heterocycles. The van der Waals surface area contributed by atoms with Gasteiger partial charge in [-0.1, -0.05) is 0 Å². The highest BCUT2D eigenvalue weighted by molar-refractivity contribution is 6.14. The van der Waals surface area contributed by atoms with Gasteiger partial charge in [-0.2, -0.15) is 5.26 Å². The molecule has 0 amide bonds. The molecule has 0 spiro atoms. The van der Waals surface area contributed by atoms with Crippen molar-refractivity contribution in [1.82, 2.24) is 0 Å². The van der Waals surface area contributed by atoms with Crippen molar-refractivity contribution in [1.29, 1.82) is 5.26 Å². The number of phenolic OH excluding ortho intramolecular Hbond substituents is 1. The van der Waals surface area contributed by atoms with Crippen molar-refractivity contribution in [3.8, 4) is 11.8 Å². The van der Waals surface area contributed by atoms with Gasteiger partial charge < -0.3 is 9.52 Å². The second-order valence-corrected chi connectivity index (χ2v) is 3.05. The van der Waals surface area contributed by atoms with Gasteiger partial charge >= 0.3 is 0 Å². The molecule has 0 radical (unpaired) electrons. The van der Waals surface area contributed by atoms with Crippen LogP contribution in [0.2, 0.25) is 0 Å². The minimum absolute atomic E-state index is 0.0391. The van der Waals surface area contributed by atoms with Crippen LogP contribution in [0, 0.1) is 11.3 Å². The average Bonchev–Trinajstić information content (AvgIpc) is 2.27. The quantitative estimate of drug-likeness (QED) is 0.739. The van der Waals surface area contributed by atoms with Gasteiger partial charge in [0.1, 0.15) is 23.0 Å². The minimum atomic E-state index is 0.0391. The lowest BCUT2D eigenvalue weighted by atomic mass is 10.2. The standard InChI is InChI=1S/C10H5ClN2O2/c11-13-10-7(5-12)3-6-1-2-8(14)4-9(6)15-10/h1-4,14H/b13-10-. The van der Waals surface area contributed by atoms with Crippen LogP contribution in [-0.4, -0.2) is 5.11 Å². The molecule has 0 bridgehead atoms. The molecule has 0 aliphatic rings. The molecule has 74 valence electrons. The van der Waals surface area contributed by atoms with E-state index in [1.807, 2.05) is 6.07 Å². The zero-order valence-corrected chi connectivity index (χ0v) is 8.19. The highest BCUT2D eigenvalue weighted by Crippen LogP contribution is 2.18. The van der Waals surface area contributed by atoms with Crippen LogP contribution in [0.3, 0.4) is 0 Å². The van der Waals surface area contributed by atoms with Gasteiger partial charge in [0.15, 0.2) is 0 Å². The second kappa shape index (κ2) is 3.64. The van der Waals surface area contributed by atoms with Gasteiger partial charge in [0.25, 0.3) is 0 Å². The number of hydrogen-bond donors (Lipinski definition) is 1. The molecular formula is C10H5ClN2O2. The van der Waals surface area contributed by atoms with Crippen molar-refractivity contribution in [3.63, 3.8) is 0 Å². The van der Waals surface area contributed by atoms with Gasteiger partial charge in [-0.15, -0.1) is 4.51 Å². The number of benzene rings is 1. The molecule has 15 heavy (non-hydrogen) atoms. The summed E-state index contributed by atoms with van der Waals surface area (Å²) in [5.41, 5.74) is 0.717. The van der Waals surface area contributed by atoms with E-state index < -0.39 is 0 Å². The largest absolute Gasteiger partial charge is 0.508 e. The third-order valence-electron chi connectivity index (χ3n) is 1.93. The van der Waals surface area contributed by atoms with Crippen molar-refractivity contribution in [2.45, 2.75) is 0 Å². The number of hydrogen-bond acceptors (Lipinski definition) is 4. The van der Waals surface area contributed by atoms with Crippen LogP contribution in [-0.2, 0) is 0 Å². The van der Waals surface area contributed by atoms with Crippen LogP contribution in [0.15, 0.2) is 33.2 Å². The Morgan fingerprint density at radius 2 is 2.20 bits per heavy atom. The maximum atomic E-state index is 9.23. The Balaban J connectivity index is 2.89. The van der Waals surface area contributed by atoms with E-state index in [2.05, 4.69) is 4.51 Å². The Labute approximate surface area is 89.8 Å². The summed E-state index contributed by atoms with van der Waals surface area (Å²) in [5, 5.41) is 18.7. The van der Waals surface area contributed by atoms with E-state index in [4.69, 9.17) is 21.5 Å². The predicted molar refractivity (Wildman–Crippen MR) is 54.0 cm³/mol. The van der Waals surface area contributed by atoms with E-state index >= 15 is 0 Å². The molecule has 5 heteroatoms. The van der Waals surface area contributed by atoms with Gasteiger partial charge in [-0.3, -0.25) is 0 Å². The maximum absolute atomic E-state index is 9.23. The van der Waals surface area contributed by atoms with Crippen LogP contribution in [0.5, 0.6) is 5.75 Å². The zero-order chi connectivity index (χ0) is 10.8. The SMILES string of the molecule is N#Cc1cc2ccc(O)cc2o/c1=N\Cl. The summed E-state index contributed by atoms with van der Waals surface area (Å²) in [4.78, 5) is 0. The first-order valence-electron chi connectivity index (χ1n) is 4.06. The van der Waals surface area contributed by atoms with E-state index in [1.165, 1.54) is 12.1 Å². The summed E-state index contributed by atoms with van der Waals surface area (Å²) in [6.45, 7) is 0. The molecule has 1 aromatic heterocycles. The molecule has 1 N–H and O–H groups in total. The summed E-state index contributed by atoms with van der Waals surface area (Å²) < 4.78 is 8.56. The minimum Gasteiger partial charge on any atom is -0.508 e. The van der Waals surface area contributed by atoms with E-state index in [1.54, 1.807) is 12.1 Å². The summed E-state index contributed by atoms with van der Waals surface area (Å²) in [6.07, 6.45) is 0. The van der Waals surface area contributed by atoms with Crippen LogP contribution >= 0.6 is 11.8 Å². The molecule has 0 saturated carbocycles. The lowest BCUT2D eigenvalue weighted by Crippen LogP contribution is -2.04. The molecule has 0 fully saturated rings. The fraction of sp³-hybridized carbons (Fsp3) is 0. The van der Waals surface area contributed by atoms with Crippen LogP contribution in [0.1, 0.15) is 5.56 Å². The highest BCUT2D eigenvalue weighted by atomic mass is 35.5. The third kappa shape index (κ3) is 1.65. The Hall–Kier alpha value is -1.99. The lowest BCUT2D eigenvalue weighted by molar-refractivity contribution is 0.472. The monoisotopic (exact) mass is 220 g/mol. The Morgan fingerprint density at radius 1 is 1.40 bits per heavy atom. The van der Waals surface area contributed by atoms with Gasteiger partial charge in [-0.25, -0.2) is 0 Å². The average molecular weight is 221 g/mol. The number of phenols is 1. The van der Waals surface area contributed by atoms with E-state index in [9.17, 15) is 5.11 Å². The summed E-state index contributed by atoms with van der Waals surface area (Å²) in [5.74, 6) is 0.0801. The summed E-state index contributed by atoms with van der Waals surface area (Å²) in [6, 6.07) is 8.10. The number of rotatable bonds is 0. The van der Waals surface area contributed by atoms with Crippen molar-refractivity contribution < 1.29 is 9.52 Å². The molecule has 2 rings (SSSR count). The predicted octanol–water partition coefficient (Wildman–Crippen LogP) is 2.06. The first-order valence-corrected chi connectivity index (χ1v) is 4.40. The van der Waals surface area contributed by atoms with E-state index in [-0.39, 0.29) is 16.9 Å². The maximum Gasteiger partial charge on any atom is 0.249 e. The van der Waals surface area contributed by atoms with E-state index in [0.717, 1.165) is 0 Å². The number of fused-ring (bicyclic) bond motifs is 1. The molecular weight excluding hydrogens is 216 g/mol. The van der Waals surface area contributed by atoms with Crippen molar-refractivity contribution in [2.24, 2.45) is 4.51 Å². The van der Waals surface area contributed by atoms with Gasteiger partial charge in [0.2, 0.25) is 5.55 Å². The number of aromatic hydroxyl groups is 1. The van der Waals surface area contributed by atoms with Gasteiger partial charge in [-0.05, 0) is 18.2 Å². The zero-order valence-electron chi connectivity index (χ0n) is 7.44. The fourth-order valence-corrected chi connectivity index (χ4v) is 1.38. The van der Waals surface area contributed by atoms with Crippen molar-refractivity contribution >= 4 is 22.7 Å². The first kappa shape index (κ1) is 9.56. The summed E-state index contributed by atoms with van der Waals surface area (Å²) in [7, 11) is 0. The second-order valence-electron chi connectivity index (χ2n) is 2.88. The molecule has 0 unspecified atom stereocenters. The van der Waals surface area contributed by atoms with Crippen LogP contribution in [0.4, 0.5) is 0 Å². The third-order valence-corrected chi connectivity index (χ3v) is 2.08. The Bertz CT molecular complexity index is 625. The van der Waals surface area contributed by atoms with Crippen molar-refractivity contribution in [2.75, 3.05) is 0 Å². The van der Waals surface area contributed by atoms with Crippen LogP contribution in [0.25, 0.3) is 11.0 Å². The van der Waals surface area contributed by atoms with Crippen LogP contribution < -0.4 is 5.55 Å². The molecule has 1 heterocycles. The molecule has 0 atom stereocenters. The molecule has 4 nitrogen and oxygen atoms in total. The van der Waals surface area contributed by atoms with Crippen molar-refractivity contribution in [3.05, 3.63) is 35.4 Å². The number of nitriles is 1. The smallest absolute Gasteiger partial charge is 0.249 e. The number of nitrogens with zero attached hydrogens (tertiary/aromatic N) is 2. The van der Waals surface area contributed by atoms with Gasteiger partial charge in [0.05, 0.1) is 0 Å². The van der Waals surface area contributed by atoms with Gasteiger partial charge in [0, 0.05) is 23.2 Å². The summed E-state index contributed by atoms with van der Waals surface area (Å²) >= 11 is 5.27. The lowest BCUT2D eigenvalue weighted by Gasteiger charge is -1.98. The van der Waals surface area contributed by atoms with E-state index in [0.29, 0.717) is 11.0 Å². The fourth-order valence-electron chi connectivity index (χ4n) is 1.25.